The van der Waals surface area contributed by atoms with Gasteiger partial charge in [0, 0.05) is 32.1 Å². The van der Waals surface area contributed by atoms with Crippen LogP contribution in [0.3, 0.4) is 0 Å². The smallest absolute Gasteiger partial charge is 0.222 e. The number of hydrogen-bond acceptors (Lipinski definition) is 2. The van der Waals surface area contributed by atoms with E-state index in [0.717, 1.165) is 25.6 Å². The van der Waals surface area contributed by atoms with Crippen LogP contribution in [0.25, 0.3) is 0 Å². The summed E-state index contributed by atoms with van der Waals surface area (Å²) < 4.78 is 0. The quantitative estimate of drug-likeness (QED) is 0.600. The minimum Gasteiger partial charge on any atom is -0.357 e. The highest BCUT2D eigenvalue weighted by Crippen LogP contribution is 2.47. The topological polar surface area (TPSA) is 56.7 Å². The Hall–Kier alpha value is -1.26. The van der Waals surface area contributed by atoms with Crippen LogP contribution < -0.4 is 10.6 Å². The molecule has 1 spiro atoms. The molecule has 2 aliphatic rings. The van der Waals surface area contributed by atoms with E-state index < -0.39 is 0 Å². The molecule has 2 rings (SSSR count). The lowest BCUT2D eigenvalue weighted by Crippen LogP contribution is -2.42. The Labute approximate surface area is 128 Å². The van der Waals surface area contributed by atoms with Gasteiger partial charge in [-0.2, -0.15) is 0 Å². The van der Waals surface area contributed by atoms with Gasteiger partial charge in [0.15, 0.2) is 5.96 Å². The summed E-state index contributed by atoms with van der Waals surface area (Å²) in [6.45, 7) is 9.73. The first-order valence-electron chi connectivity index (χ1n) is 8.37. The van der Waals surface area contributed by atoms with Crippen molar-refractivity contribution in [2.45, 2.75) is 58.9 Å². The maximum Gasteiger partial charge on any atom is 0.222 e. The third kappa shape index (κ3) is 4.35. The number of likely N-dealkylation sites (tertiary alicyclic amines) is 1. The van der Waals surface area contributed by atoms with Gasteiger partial charge in [-0.05, 0) is 45.4 Å². The standard InChI is InChI=1S/C16H30N4O/c1-4-17-15(18-10-6-14(21)19-13(2)3)20-11-9-16(12-20)7-5-8-16/h13H,4-12H2,1-3H3,(H,17,18)(H,19,21). The molecule has 5 nitrogen and oxygen atoms in total. The first kappa shape index (κ1) is 16.1. The van der Waals surface area contributed by atoms with Crippen LogP contribution in [0.15, 0.2) is 4.99 Å². The first-order valence-corrected chi connectivity index (χ1v) is 8.37. The van der Waals surface area contributed by atoms with Gasteiger partial charge in [-0.15, -0.1) is 0 Å². The number of carbonyl (C=O) groups is 1. The number of guanidine groups is 1. The molecule has 0 bridgehead atoms. The van der Waals surface area contributed by atoms with Crippen molar-refractivity contribution < 1.29 is 4.79 Å². The molecule has 5 heteroatoms. The summed E-state index contributed by atoms with van der Waals surface area (Å²) in [5.74, 6) is 1.07. The van der Waals surface area contributed by atoms with Gasteiger partial charge in [-0.1, -0.05) is 6.42 Å². The summed E-state index contributed by atoms with van der Waals surface area (Å²) in [6, 6.07) is 0.201. The average Bonchev–Trinajstić information content (AvgIpc) is 2.82. The highest BCUT2D eigenvalue weighted by molar-refractivity contribution is 5.81. The Morgan fingerprint density at radius 2 is 2.10 bits per heavy atom. The van der Waals surface area contributed by atoms with Gasteiger partial charge in [0.1, 0.15) is 0 Å². The van der Waals surface area contributed by atoms with Gasteiger partial charge in [-0.3, -0.25) is 9.79 Å². The Kier molecular flexibility index (Phi) is 5.48. The Bertz CT molecular complexity index is 388. The lowest BCUT2D eigenvalue weighted by molar-refractivity contribution is -0.121. The van der Waals surface area contributed by atoms with E-state index in [9.17, 15) is 4.79 Å². The van der Waals surface area contributed by atoms with Crippen molar-refractivity contribution in [2.75, 3.05) is 26.2 Å². The van der Waals surface area contributed by atoms with Crippen LogP contribution in [-0.2, 0) is 4.79 Å². The number of rotatable bonds is 5. The number of hydrogen-bond donors (Lipinski definition) is 2. The largest absolute Gasteiger partial charge is 0.357 e. The molecule has 1 heterocycles. The Morgan fingerprint density at radius 1 is 1.33 bits per heavy atom. The van der Waals surface area contributed by atoms with E-state index in [2.05, 4.69) is 27.4 Å². The minimum atomic E-state index is 0.0847. The predicted molar refractivity (Wildman–Crippen MR) is 86.3 cm³/mol. The molecule has 1 saturated carbocycles. The molecule has 0 radical (unpaired) electrons. The molecule has 120 valence electrons. The van der Waals surface area contributed by atoms with Crippen LogP contribution in [-0.4, -0.2) is 49.0 Å². The molecule has 0 aromatic rings. The van der Waals surface area contributed by atoms with Gasteiger partial charge < -0.3 is 15.5 Å². The first-order chi connectivity index (χ1) is 10.0. The second kappa shape index (κ2) is 7.14. The maximum absolute atomic E-state index is 11.7. The predicted octanol–water partition coefficient (Wildman–Crippen LogP) is 1.74. The number of amides is 1. The fraction of sp³-hybridized carbons (Fsp3) is 0.875. The minimum absolute atomic E-state index is 0.0847. The third-order valence-electron chi connectivity index (χ3n) is 4.54. The second-order valence-corrected chi connectivity index (χ2v) is 6.73. The van der Waals surface area contributed by atoms with E-state index >= 15 is 0 Å². The lowest BCUT2D eigenvalue weighted by Gasteiger charge is -2.38. The Morgan fingerprint density at radius 3 is 2.62 bits per heavy atom. The van der Waals surface area contributed by atoms with Crippen molar-refractivity contribution in [2.24, 2.45) is 10.4 Å². The zero-order valence-electron chi connectivity index (χ0n) is 13.7. The van der Waals surface area contributed by atoms with Crippen LogP contribution in [0.1, 0.15) is 52.9 Å². The van der Waals surface area contributed by atoms with Crippen LogP contribution in [0.4, 0.5) is 0 Å². The van der Waals surface area contributed by atoms with Crippen molar-refractivity contribution >= 4 is 11.9 Å². The molecule has 1 amide bonds. The zero-order chi connectivity index (χ0) is 15.3. The summed E-state index contributed by atoms with van der Waals surface area (Å²) in [5.41, 5.74) is 0.575. The van der Waals surface area contributed by atoms with Crippen molar-refractivity contribution in [3.63, 3.8) is 0 Å². The summed E-state index contributed by atoms with van der Waals surface area (Å²) in [6.07, 6.45) is 5.90. The lowest BCUT2D eigenvalue weighted by atomic mass is 9.68. The molecule has 2 N–H and O–H groups in total. The molecular weight excluding hydrogens is 264 g/mol. The number of carbonyl (C=O) groups excluding carboxylic acids is 1. The van der Waals surface area contributed by atoms with E-state index in [-0.39, 0.29) is 11.9 Å². The molecule has 0 atom stereocenters. The molecule has 21 heavy (non-hydrogen) atoms. The normalized spacial score (nSPS) is 20.8. The van der Waals surface area contributed by atoms with E-state index in [1.165, 1.54) is 25.7 Å². The maximum atomic E-state index is 11.7. The van der Waals surface area contributed by atoms with E-state index in [0.29, 0.717) is 18.4 Å². The second-order valence-electron chi connectivity index (χ2n) is 6.73. The van der Waals surface area contributed by atoms with Crippen LogP contribution in [0.5, 0.6) is 0 Å². The number of nitrogens with one attached hydrogen (secondary N) is 2. The van der Waals surface area contributed by atoms with Crippen LogP contribution in [0, 0.1) is 5.41 Å². The molecule has 2 fully saturated rings. The number of aliphatic imine (C=N–C) groups is 1. The van der Waals surface area contributed by atoms with Crippen molar-refractivity contribution in [3.8, 4) is 0 Å². The SMILES string of the molecule is CCNC(=NCCC(=O)NC(C)C)N1CCC2(CCC2)C1. The molecule has 1 aliphatic carbocycles. The fourth-order valence-corrected chi connectivity index (χ4v) is 3.28. The van der Waals surface area contributed by atoms with Gasteiger partial charge in [0.05, 0.1) is 6.54 Å². The molecule has 1 aliphatic heterocycles. The molecule has 0 aromatic carbocycles. The summed E-state index contributed by atoms with van der Waals surface area (Å²) in [7, 11) is 0. The molecule has 0 aromatic heterocycles. The highest BCUT2D eigenvalue weighted by atomic mass is 16.1. The summed E-state index contributed by atoms with van der Waals surface area (Å²) in [5, 5.41) is 6.28. The summed E-state index contributed by atoms with van der Waals surface area (Å²) >= 11 is 0. The molecular formula is C16H30N4O. The highest BCUT2D eigenvalue weighted by Gasteiger charge is 2.43. The van der Waals surface area contributed by atoms with E-state index in [1.54, 1.807) is 0 Å². The van der Waals surface area contributed by atoms with Gasteiger partial charge in [0.25, 0.3) is 0 Å². The summed E-state index contributed by atoms with van der Waals surface area (Å²) in [4.78, 5) is 18.7. The van der Waals surface area contributed by atoms with E-state index in [1.807, 2.05) is 13.8 Å². The van der Waals surface area contributed by atoms with Crippen molar-refractivity contribution in [1.82, 2.24) is 15.5 Å². The zero-order valence-corrected chi connectivity index (χ0v) is 13.7. The Balaban J connectivity index is 1.83. The van der Waals surface area contributed by atoms with Gasteiger partial charge in [0.2, 0.25) is 5.91 Å². The monoisotopic (exact) mass is 294 g/mol. The van der Waals surface area contributed by atoms with Crippen LogP contribution >= 0.6 is 0 Å². The molecule has 1 saturated heterocycles. The van der Waals surface area contributed by atoms with Crippen LogP contribution in [0.2, 0.25) is 0 Å². The average molecular weight is 294 g/mol. The van der Waals surface area contributed by atoms with E-state index in [4.69, 9.17) is 0 Å². The van der Waals surface area contributed by atoms with Crippen molar-refractivity contribution in [1.29, 1.82) is 0 Å². The van der Waals surface area contributed by atoms with Crippen molar-refractivity contribution in [3.05, 3.63) is 0 Å². The number of nitrogens with zero attached hydrogens (tertiary/aromatic N) is 2. The van der Waals surface area contributed by atoms with Gasteiger partial charge in [-0.25, -0.2) is 0 Å². The van der Waals surface area contributed by atoms with Gasteiger partial charge >= 0.3 is 0 Å². The molecule has 0 unspecified atom stereocenters. The third-order valence-corrected chi connectivity index (χ3v) is 4.54. The fourth-order valence-electron chi connectivity index (χ4n) is 3.28.